The van der Waals surface area contributed by atoms with Gasteiger partial charge in [0, 0.05) is 36.1 Å². The topological polar surface area (TPSA) is 127 Å². The summed E-state index contributed by atoms with van der Waals surface area (Å²) in [4.78, 5) is 13.3. The summed E-state index contributed by atoms with van der Waals surface area (Å²) >= 11 is 0. The summed E-state index contributed by atoms with van der Waals surface area (Å²) in [7, 11) is -3.82. The minimum atomic E-state index is -3.82. The first-order valence-corrected chi connectivity index (χ1v) is 15.7. The average molecular weight is 612 g/mol. The van der Waals surface area contributed by atoms with E-state index >= 15 is 0 Å². The van der Waals surface area contributed by atoms with Gasteiger partial charge in [0.1, 0.15) is 23.1 Å². The van der Waals surface area contributed by atoms with E-state index in [1.54, 1.807) is 59.4 Å². The molecule has 1 aliphatic heterocycles. The number of hydrogen-bond acceptors (Lipinski definition) is 7. The number of hydrogen-bond donors (Lipinski definition) is 1. The number of ether oxygens (including phenoxy) is 2. The number of nitrogens with zero attached hydrogens (tertiary/aromatic N) is 4. The maximum atomic E-state index is 13.6. The lowest BCUT2D eigenvalue weighted by Gasteiger charge is -2.34. The number of para-hydroxylation sites is 1. The van der Waals surface area contributed by atoms with Crippen LogP contribution in [0.1, 0.15) is 26.3 Å². The third-order valence-electron chi connectivity index (χ3n) is 6.98. The summed E-state index contributed by atoms with van der Waals surface area (Å²) in [5.41, 5.74) is 2.51. The summed E-state index contributed by atoms with van der Waals surface area (Å²) < 4.78 is 41.5. The molecule has 0 spiro atoms. The van der Waals surface area contributed by atoms with E-state index < -0.39 is 15.9 Å². The Morgan fingerprint density at radius 1 is 1.07 bits per heavy atom. The van der Waals surface area contributed by atoms with Crippen LogP contribution in [0, 0.1) is 11.3 Å². The molecule has 2 atom stereocenters. The molecule has 4 aromatic rings. The van der Waals surface area contributed by atoms with Crippen molar-refractivity contribution in [3.63, 3.8) is 0 Å². The summed E-state index contributed by atoms with van der Waals surface area (Å²) in [6.45, 7) is 6.61. The molecule has 3 aromatic carbocycles. The molecule has 11 heteroatoms. The molecule has 2 heterocycles. The first-order valence-electron chi connectivity index (χ1n) is 14.2. The van der Waals surface area contributed by atoms with Gasteiger partial charge in [-0.25, -0.2) is 13.1 Å². The minimum absolute atomic E-state index is 0.120. The van der Waals surface area contributed by atoms with E-state index in [0.29, 0.717) is 34.9 Å². The van der Waals surface area contributed by atoms with Crippen LogP contribution in [0.2, 0.25) is 0 Å². The van der Waals surface area contributed by atoms with Crippen LogP contribution >= 0.6 is 0 Å². The number of morpholine rings is 1. The van der Waals surface area contributed by atoms with Crippen molar-refractivity contribution in [1.29, 1.82) is 5.26 Å². The molecule has 10 nitrogen and oxygen atoms in total. The first kappa shape index (κ1) is 30.7. The maximum absolute atomic E-state index is 13.6. The standard InChI is InChI=1S/C33H33N5O5S/c1-4-42-30-15-13-28(14-16-30)35-33(39)26(19-34)17-27-22-38(29-10-6-5-7-11-29)36-32(27)25-9-8-12-31(18-25)44(40,41)37-20-23(2)43-24(3)21-37/h5-18,22-24H,4,20-21H2,1-3H3,(H,35,39). The molecule has 0 bridgehead atoms. The Kier molecular flexibility index (Phi) is 9.25. The number of sulfonamides is 1. The average Bonchev–Trinajstić information content (AvgIpc) is 3.45. The Labute approximate surface area is 257 Å². The molecule has 1 fully saturated rings. The van der Waals surface area contributed by atoms with Crippen LogP contribution in [0.5, 0.6) is 5.75 Å². The van der Waals surface area contributed by atoms with Gasteiger partial charge in [-0.05, 0) is 75.4 Å². The van der Waals surface area contributed by atoms with Crippen molar-refractivity contribution in [3.05, 3.63) is 96.2 Å². The SMILES string of the molecule is CCOc1ccc(NC(=O)C(C#N)=Cc2cn(-c3ccccc3)nc2-c2cccc(S(=O)(=O)N3CC(C)OC(C)C3)c2)cc1. The normalized spacial score (nSPS) is 17.5. The lowest BCUT2D eigenvalue weighted by Crippen LogP contribution is -2.48. The van der Waals surface area contributed by atoms with Gasteiger partial charge < -0.3 is 14.8 Å². The van der Waals surface area contributed by atoms with Crippen molar-refractivity contribution in [3.8, 4) is 28.8 Å². The molecular weight excluding hydrogens is 578 g/mol. The molecule has 2 unspecified atom stereocenters. The number of anilines is 1. The number of nitriles is 1. The van der Waals surface area contributed by atoms with Crippen molar-refractivity contribution >= 4 is 27.7 Å². The fourth-order valence-corrected chi connectivity index (χ4v) is 6.65. The van der Waals surface area contributed by atoms with Crippen molar-refractivity contribution in [1.82, 2.24) is 14.1 Å². The second-order valence-electron chi connectivity index (χ2n) is 10.4. The molecule has 44 heavy (non-hydrogen) atoms. The number of carbonyl (C=O) groups is 1. The molecule has 1 aromatic heterocycles. The third kappa shape index (κ3) is 6.89. The Hall–Kier alpha value is -4.76. The second kappa shape index (κ2) is 13.3. The zero-order chi connectivity index (χ0) is 31.3. The van der Waals surface area contributed by atoms with Crippen LogP contribution in [-0.2, 0) is 19.6 Å². The highest BCUT2D eigenvalue weighted by Gasteiger charge is 2.32. The highest BCUT2D eigenvalue weighted by atomic mass is 32.2. The van der Waals surface area contributed by atoms with Crippen LogP contribution in [0.25, 0.3) is 23.0 Å². The van der Waals surface area contributed by atoms with Gasteiger partial charge in [-0.2, -0.15) is 14.7 Å². The summed E-state index contributed by atoms with van der Waals surface area (Å²) in [6, 6.07) is 24.7. The number of nitrogens with one attached hydrogen (secondary N) is 1. The van der Waals surface area contributed by atoms with Crippen molar-refractivity contribution in [2.75, 3.05) is 25.0 Å². The van der Waals surface area contributed by atoms with Gasteiger partial charge in [-0.1, -0.05) is 30.3 Å². The predicted molar refractivity (Wildman–Crippen MR) is 168 cm³/mol. The molecule has 0 radical (unpaired) electrons. The van der Waals surface area contributed by atoms with Gasteiger partial charge in [-0.3, -0.25) is 4.79 Å². The van der Waals surface area contributed by atoms with E-state index in [0.717, 1.165) is 5.69 Å². The molecule has 0 saturated carbocycles. The van der Waals surface area contributed by atoms with E-state index in [2.05, 4.69) is 5.32 Å². The Bertz CT molecular complexity index is 1800. The molecule has 1 amide bonds. The summed E-state index contributed by atoms with van der Waals surface area (Å²) in [5.74, 6) is 0.0726. The van der Waals surface area contributed by atoms with E-state index in [1.807, 2.05) is 57.2 Å². The number of amides is 1. The molecule has 0 aliphatic carbocycles. The molecule has 1 N–H and O–H groups in total. The second-order valence-corrected chi connectivity index (χ2v) is 12.3. The van der Waals surface area contributed by atoms with E-state index in [4.69, 9.17) is 14.6 Å². The Morgan fingerprint density at radius 3 is 2.43 bits per heavy atom. The van der Waals surface area contributed by atoms with Crippen LogP contribution in [-0.4, -0.2) is 60.3 Å². The molecule has 5 rings (SSSR count). The van der Waals surface area contributed by atoms with Gasteiger partial charge >= 0.3 is 0 Å². The van der Waals surface area contributed by atoms with Gasteiger partial charge in [0.25, 0.3) is 5.91 Å². The van der Waals surface area contributed by atoms with Gasteiger partial charge in [0.15, 0.2) is 0 Å². The fourth-order valence-electron chi connectivity index (χ4n) is 5.01. The lowest BCUT2D eigenvalue weighted by atomic mass is 10.1. The zero-order valence-electron chi connectivity index (χ0n) is 24.7. The van der Waals surface area contributed by atoms with E-state index in [1.165, 1.54) is 10.4 Å². The monoisotopic (exact) mass is 611 g/mol. The minimum Gasteiger partial charge on any atom is -0.494 e. The highest BCUT2D eigenvalue weighted by molar-refractivity contribution is 7.89. The van der Waals surface area contributed by atoms with Gasteiger partial charge in [-0.15, -0.1) is 0 Å². The summed E-state index contributed by atoms with van der Waals surface area (Å²) in [6.07, 6.45) is 2.71. The van der Waals surface area contributed by atoms with Crippen LogP contribution < -0.4 is 10.1 Å². The van der Waals surface area contributed by atoms with Crippen molar-refractivity contribution in [2.24, 2.45) is 0 Å². The number of rotatable bonds is 9. The van der Waals surface area contributed by atoms with Crippen molar-refractivity contribution in [2.45, 2.75) is 37.9 Å². The van der Waals surface area contributed by atoms with Crippen LogP contribution in [0.15, 0.2) is 95.5 Å². The zero-order valence-corrected chi connectivity index (χ0v) is 25.5. The number of benzene rings is 3. The Morgan fingerprint density at radius 2 is 1.77 bits per heavy atom. The van der Waals surface area contributed by atoms with Gasteiger partial charge in [0.2, 0.25) is 10.0 Å². The maximum Gasteiger partial charge on any atom is 0.266 e. The van der Waals surface area contributed by atoms with Gasteiger partial charge in [0.05, 0.1) is 29.4 Å². The molecular formula is C33H33N5O5S. The molecule has 226 valence electrons. The van der Waals surface area contributed by atoms with Crippen LogP contribution in [0.3, 0.4) is 0 Å². The number of aromatic nitrogens is 2. The van der Waals surface area contributed by atoms with Crippen molar-refractivity contribution < 1.29 is 22.7 Å². The highest BCUT2D eigenvalue weighted by Crippen LogP contribution is 2.30. The quantitative estimate of drug-likeness (QED) is 0.202. The summed E-state index contributed by atoms with van der Waals surface area (Å²) in [5, 5.41) is 17.5. The van der Waals surface area contributed by atoms with E-state index in [9.17, 15) is 18.5 Å². The van der Waals surface area contributed by atoms with Crippen LogP contribution in [0.4, 0.5) is 5.69 Å². The largest absolute Gasteiger partial charge is 0.494 e. The molecule has 1 saturated heterocycles. The first-order chi connectivity index (χ1) is 21.2. The number of carbonyl (C=O) groups excluding carboxylic acids is 1. The molecule has 1 aliphatic rings. The fraction of sp³-hybridized carbons (Fsp3) is 0.242. The Balaban J connectivity index is 1.52. The smallest absolute Gasteiger partial charge is 0.266 e. The third-order valence-corrected chi connectivity index (χ3v) is 8.81. The predicted octanol–water partition coefficient (Wildman–Crippen LogP) is 5.28. The van der Waals surface area contributed by atoms with E-state index in [-0.39, 0.29) is 35.8 Å². The lowest BCUT2D eigenvalue weighted by molar-refractivity contribution is -0.112.